The van der Waals surface area contributed by atoms with E-state index in [2.05, 4.69) is 35.9 Å². The Bertz CT molecular complexity index is 1120. The van der Waals surface area contributed by atoms with Crippen molar-refractivity contribution in [2.75, 3.05) is 13.1 Å². The van der Waals surface area contributed by atoms with Crippen molar-refractivity contribution in [1.29, 1.82) is 0 Å². The minimum absolute atomic E-state index is 0.0652. The molecule has 5 rings (SSSR count). The highest BCUT2D eigenvalue weighted by atomic mass is 19.1. The second-order valence-electron chi connectivity index (χ2n) is 15.4. The van der Waals surface area contributed by atoms with Crippen LogP contribution in [0.15, 0.2) is 18.2 Å². The summed E-state index contributed by atoms with van der Waals surface area (Å²) in [5.74, 6) is -1.17. The molecule has 3 aliphatic heterocycles. The van der Waals surface area contributed by atoms with E-state index in [0.29, 0.717) is 30.4 Å². The van der Waals surface area contributed by atoms with Crippen LogP contribution in [0.1, 0.15) is 111 Å². The summed E-state index contributed by atoms with van der Waals surface area (Å²) in [6, 6.07) is 3.81. The molecule has 1 aliphatic carbocycles. The van der Waals surface area contributed by atoms with Gasteiger partial charge in [-0.15, -0.1) is 0 Å². The van der Waals surface area contributed by atoms with Gasteiger partial charge in [-0.1, -0.05) is 38.2 Å². The van der Waals surface area contributed by atoms with Gasteiger partial charge < -0.3 is 10.2 Å². The van der Waals surface area contributed by atoms with Crippen LogP contribution in [0.4, 0.5) is 8.78 Å². The molecule has 1 saturated carbocycles. The zero-order valence-corrected chi connectivity index (χ0v) is 26.0. The number of hydrogen-bond acceptors (Lipinski definition) is 3. The van der Waals surface area contributed by atoms with Crippen molar-refractivity contribution in [3.05, 3.63) is 35.4 Å². The van der Waals surface area contributed by atoms with E-state index in [1.54, 1.807) is 0 Å². The molecule has 0 aromatic heterocycles. The molecule has 0 radical (unpaired) electrons. The largest absolute Gasteiger partial charge is 0.351 e. The number of likely N-dealkylation sites (tertiary alicyclic amines) is 1. The minimum Gasteiger partial charge on any atom is -0.351 e. The average molecular weight is 572 g/mol. The summed E-state index contributed by atoms with van der Waals surface area (Å²) >= 11 is 0. The van der Waals surface area contributed by atoms with Crippen LogP contribution in [0.3, 0.4) is 0 Å². The molecule has 5 unspecified atom stereocenters. The third-order valence-corrected chi connectivity index (χ3v) is 10.5. The summed E-state index contributed by atoms with van der Waals surface area (Å²) in [5, 5.41) is 3.28. The van der Waals surface area contributed by atoms with Gasteiger partial charge in [0.05, 0.1) is 5.92 Å². The number of carbonyl (C=O) groups excluding carboxylic acids is 2. The lowest BCUT2D eigenvalue weighted by molar-refractivity contribution is -0.151. The predicted octanol–water partition coefficient (Wildman–Crippen LogP) is 6.66. The normalized spacial score (nSPS) is 31.8. The second kappa shape index (κ2) is 11.6. The summed E-state index contributed by atoms with van der Waals surface area (Å²) in [6.07, 6.45) is 9.35. The first-order valence-corrected chi connectivity index (χ1v) is 16.1. The monoisotopic (exact) mass is 571 g/mol. The summed E-state index contributed by atoms with van der Waals surface area (Å²) in [6.45, 7) is 13.8. The highest BCUT2D eigenvalue weighted by Gasteiger charge is 2.55. The molecule has 1 aromatic rings. The number of piperidine rings is 2. The fourth-order valence-corrected chi connectivity index (χ4v) is 8.62. The Morgan fingerprint density at radius 3 is 2.27 bits per heavy atom. The topological polar surface area (TPSA) is 52.7 Å². The molecule has 7 heteroatoms. The van der Waals surface area contributed by atoms with Crippen molar-refractivity contribution >= 4 is 11.8 Å². The summed E-state index contributed by atoms with van der Waals surface area (Å²) in [4.78, 5) is 33.0. The Morgan fingerprint density at radius 2 is 1.63 bits per heavy atom. The molecule has 6 atom stereocenters. The van der Waals surface area contributed by atoms with Crippen LogP contribution in [-0.4, -0.2) is 57.9 Å². The van der Waals surface area contributed by atoms with Crippen molar-refractivity contribution in [3.63, 3.8) is 0 Å². The molecule has 2 bridgehead atoms. The molecule has 228 valence electrons. The third-order valence-electron chi connectivity index (χ3n) is 10.5. The van der Waals surface area contributed by atoms with E-state index in [0.717, 1.165) is 31.9 Å². The molecule has 4 fully saturated rings. The fraction of sp³-hybridized carbons (Fsp3) is 0.765. The van der Waals surface area contributed by atoms with Crippen LogP contribution in [0.5, 0.6) is 0 Å². The molecule has 1 N–H and O–H groups in total. The van der Waals surface area contributed by atoms with Crippen LogP contribution in [-0.2, 0) is 9.59 Å². The van der Waals surface area contributed by atoms with Crippen molar-refractivity contribution in [2.24, 2.45) is 23.7 Å². The molecule has 4 aliphatic rings. The number of halogens is 2. The van der Waals surface area contributed by atoms with Crippen LogP contribution >= 0.6 is 0 Å². The maximum absolute atomic E-state index is 15.2. The molecule has 3 saturated heterocycles. The highest BCUT2D eigenvalue weighted by Crippen LogP contribution is 2.50. The smallest absolute Gasteiger partial charge is 0.226 e. The van der Waals surface area contributed by atoms with Gasteiger partial charge in [0.2, 0.25) is 11.8 Å². The number of rotatable bonds is 4. The minimum atomic E-state index is -0.604. The highest BCUT2D eigenvalue weighted by molar-refractivity contribution is 5.85. The molecular weight excluding hydrogens is 520 g/mol. The van der Waals surface area contributed by atoms with Crippen LogP contribution in [0, 0.1) is 35.3 Å². The average Bonchev–Trinajstić information content (AvgIpc) is 3.19. The van der Waals surface area contributed by atoms with Crippen molar-refractivity contribution < 1.29 is 18.4 Å². The molecule has 0 spiro atoms. The molecule has 2 amide bonds. The van der Waals surface area contributed by atoms with E-state index in [4.69, 9.17) is 0 Å². The van der Waals surface area contributed by atoms with Crippen molar-refractivity contribution in [3.8, 4) is 0 Å². The van der Waals surface area contributed by atoms with Crippen LogP contribution < -0.4 is 5.32 Å². The SMILES string of the molecule is CC(C)(C)NC(=O)C1C(C2CCCCC2)CC2CCC1N2C(=O)C1CCN(C(C)(C)C)C[C@H]1c1ccc(F)cc1F. The molecular formula is C34H51F2N3O2. The Hall–Kier alpha value is -2.02. The van der Waals surface area contributed by atoms with Gasteiger partial charge in [0.15, 0.2) is 0 Å². The Labute approximate surface area is 245 Å². The number of benzene rings is 1. The van der Waals surface area contributed by atoms with E-state index in [-0.39, 0.29) is 46.8 Å². The molecule has 1 aromatic carbocycles. The second-order valence-corrected chi connectivity index (χ2v) is 15.4. The number of amides is 2. The Kier molecular flexibility index (Phi) is 8.59. The summed E-state index contributed by atoms with van der Waals surface area (Å²) in [7, 11) is 0. The zero-order chi connectivity index (χ0) is 29.7. The van der Waals surface area contributed by atoms with E-state index in [9.17, 15) is 14.0 Å². The number of hydrogen-bond donors (Lipinski definition) is 1. The number of nitrogens with one attached hydrogen (secondary N) is 1. The summed E-state index contributed by atoms with van der Waals surface area (Å²) < 4.78 is 29.2. The summed E-state index contributed by atoms with van der Waals surface area (Å²) in [5.41, 5.74) is -0.0510. The first-order valence-electron chi connectivity index (χ1n) is 16.1. The van der Waals surface area contributed by atoms with Gasteiger partial charge in [0.1, 0.15) is 11.6 Å². The number of carbonyl (C=O) groups is 2. The lowest BCUT2D eigenvalue weighted by Crippen LogP contribution is -2.61. The van der Waals surface area contributed by atoms with Gasteiger partial charge in [0, 0.05) is 47.6 Å². The van der Waals surface area contributed by atoms with E-state index in [1.807, 2.05) is 20.8 Å². The quantitative estimate of drug-likeness (QED) is 0.440. The first kappa shape index (κ1) is 30.4. The zero-order valence-electron chi connectivity index (χ0n) is 26.0. The van der Waals surface area contributed by atoms with Gasteiger partial charge in [-0.3, -0.25) is 14.5 Å². The Balaban J connectivity index is 1.47. The standard InChI is InChI=1S/C34H51F2N3O2/c1-33(2,3)37-31(40)30-26(21-10-8-7-9-11-21)19-23-13-15-29(30)39(23)32(41)25-16-17-38(34(4,5)6)20-27(25)24-14-12-22(35)18-28(24)36/h12,14,18,21,23,25-27,29-30H,7-11,13,15-17,19-20H2,1-6H3,(H,37,40)/t23?,25?,26?,27-,29?,30?/m0/s1. The van der Waals surface area contributed by atoms with Gasteiger partial charge in [-0.2, -0.15) is 0 Å². The van der Waals surface area contributed by atoms with Crippen molar-refractivity contribution in [1.82, 2.24) is 15.1 Å². The lowest BCUT2D eigenvalue weighted by atomic mass is 9.67. The van der Waals surface area contributed by atoms with E-state index in [1.165, 1.54) is 44.2 Å². The Morgan fingerprint density at radius 1 is 0.927 bits per heavy atom. The predicted molar refractivity (Wildman–Crippen MR) is 158 cm³/mol. The molecule has 5 nitrogen and oxygen atoms in total. The maximum atomic E-state index is 15.2. The van der Waals surface area contributed by atoms with Crippen LogP contribution in [0.25, 0.3) is 0 Å². The lowest BCUT2D eigenvalue weighted by Gasteiger charge is -2.50. The first-order chi connectivity index (χ1) is 19.2. The molecule has 3 heterocycles. The number of fused-ring (bicyclic) bond motifs is 2. The van der Waals surface area contributed by atoms with Gasteiger partial charge in [-0.25, -0.2) is 8.78 Å². The maximum Gasteiger partial charge on any atom is 0.226 e. The van der Waals surface area contributed by atoms with E-state index < -0.39 is 17.6 Å². The van der Waals surface area contributed by atoms with Gasteiger partial charge in [0.25, 0.3) is 0 Å². The number of nitrogens with zero attached hydrogens (tertiary/aromatic N) is 2. The molecule has 41 heavy (non-hydrogen) atoms. The third kappa shape index (κ3) is 6.35. The van der Waals surface area contributed by atoms with Crippen LogP contribution in [0.2, 0.25) is 0 Å². The van der Waals surface area contributed by atoms with Crippen molar-refractivity contribution in [2.45, 2.75) is 128 Å². The van der Waals surface area contributed by atoms with Gasteiger partial charge in [-0.05, 0) is 97.2 Å². The van der Waals surface area contributed by atoms with E-state index >= 15 is 4.39 Å². The van der Waals surface area contributed by atoms with Gasteiger partial charge >= 0.3 is 0 Å². The fourth-order valence-electron chi connectivity index (χ4n) is 8.62.